The van der Waals surface area contributed by atoms with Gasteiger partial charge in [0.25, 0.3) is 5.91 Å². The van der Waals surface area contributed by atoms with Crippen molar-refractivity contribution in [1.82, 2.24) is 19.7 Å². The van der Waals surface area contributed by atoms with Crippen molar-refractivity contribution in [3.05, 3.63) is 47.7 Å². The second kappa shape index (κ2) is 6.02. The monoisotopic (exact) mass is 338 g/mol. The highest BCUT2D eigenvalue weighted by atomic mass is 16.3. The SMILES string of the molecule is Cc1cc(C(=O)N(Cc2ccco2)C2CC2)c2cnn(C(C)C)c2n1. The zero-order chi connectivity index (χ0) is 17.6. The highest BCUT2D eigenvalue weighted by Crippen LogP contribution is 2.31. The largest absolute Gasteiger partial charge is 0.467 e. The molecule has 0 bridgehead atoms. The summed E-state index contributed by atoms with van der Waals surface area (Å²) in [4.78, 5) is 19.8. The van der Waals surface area contributed by atoms with Crippen molar-refractivity contribution < 1.29 is 9.21 Å². The predicted molar refractivity (Wildman–Crippen MR) is 94.3 cm³/mol. The number of carbonyl (C=O) groups is 1. The Morgan fingerprint density at radius 3 is 2.88 bits per heavy atom. The lowest BCUT2D eigenvalue weighted by Crippen LogP contribution is -2.32. The topological polar surface area (TPSA) is 64.2 Å². The molecule has 3 aromatic rings. The minimum Gasteiger partial charge on any atom is -0.467 e. The second-order valence-corrected chi connectivity index (χ2v) is 6.97. The fraction of sp³-hybridized carbons (Fsp3) is 0.421. The third-order valence-corrected chi connectivity index (χ3v) is 4.57. The molecule has 1 aliphatic rings. The Kier molecular flexibility index (Phi) is 3.82. The number of rotatable bonds is 5. The van der Waals surface area contributed by atoms with Crippen molar-refractivity contribution in [3.63, 3.8) is 0 Å². The molecule has 0 unspecified atom stereocenters. The molecule has 0 N–H and O–H groups in total. The van der Waals surface area contributed by atoms with Gasteiger partial charge in [-0.25, -0.2) is 9.67 Å². The molecule has 3 aromatic heterocycles. The van der Waals surface area contributed by atoms with E-state index in [0.717, 1.165) is 35.3 Å². The van der Waals surface area contributed by atoms with E-state index in [2.05, 4.69) is 23.9 Å². The van der Waals surface area contributed by atoms with Crippen molar-refractivity contribution in [2.45, 2.75) is 52.2 Å². The average Bonchev–Trinajstić information content (AvgIpc) is 3.11. The van der Waals surface area contributed by atoms with E-state index < -0.39 is 0 Å². The van der Waals surface area contributed by atoms with E-state index in [0.29, 0.717) is 18.2 Å². The summed E-state index contributed by atoms with van der Waals surface area (Å²) in [5.74, 6) is 0.831. The Hall–Kier alpha value is -2.63. The molecule has 0 spiro atoms. The normalized spacial score (nSPS) is 14.4. The Morgan fingerprint density at radius 2 is 2.24 bits per heavy atom. The number of fused-ring (bicyclic) bond motifs is 1. The van der Waals surface area contributed by atoms with Gasteiger partial charge in [-0.15, -0.1) is 0 Å². The first-order valence-corrected chi connectivity index (χ1v) is 8.73. The van der Waals surface area contributed by atoms with Gasteiger partial charge in [0, 0.05) is 17.8 Å². The number of hydrogen-bond acceptors (Lipinski definition) is 4. The summed E-state index contributed by atoms with van der Waals surface area (Å²) < 4.78 is 7.32. The number of aryl methyl sites for hydroxylation is 1. The standard InChI is InChI=1S/C19H22N4O2/c1-12(2)23-18-17(10-20-23)16(9-13(3)21-18)19(24)22(14-6-7-14)11-15-5-4-8-25-15/h4-5,8-10,12,14H,6-7,11H2,1-3H3. The van der Waals surface area contributed by atoms with Crippen LogP contribution in [0.5, 0.6) is 0 Å². The lowest BCUT2D eigenvalue weighted by atomic mass is 10.1. The van der Waals surface area contributed by atoms with Gasteiger partial charge in [-0.2, -0.15) is 5.10 Å². The van der Waals surface area contributed by atoms with Crippen LogP contribution < -0.4 is 0 Å². The summed E-state index contributed by atoms with van der Waals surface area (Å²) in [6.07, 6.45) is 5.50. The van der Waals surface area contributed by atoms with Crippen molar-refractivity contribution in [2.75, 3.05) is 0 Å². The van der Waals surface area contributed by atoms with E-state index in [4.69, 9.17) is 4.42 Å². The summed E-state index contributed by atoms with van der Waals surface area (Å²) in [5, 5.41) is 5.25. The second-order valence-electron chi connectivity index (χ2n) is 6.97. The van der Waals surface area contributed by atoms with Crippen molar-refractivity contribution in [1.29, 1.82) is 0 Å². The number of furan rings is 1. The molecular formula is C19H22N4O2. The van der Waals surface area contributed by atoms with Gasteiger partial charge in [0.05, 0.1) is 30.0 Å². The van der Waals surface area contributed by atoms with Crippen molar-refractivity contribution in [2.24, 2.45) is 0 Å². The number of pyridine rings is 1. The number of hydrogen-bond donors (Lipinski definition) is 0. The Labute approximate surface area is 146 Å². The molecule has 25 heavy (non-hydrogen) atoms. The van der Waals surface area contributed by atoms with Crippen LogP contribution in [0.25, 0.3) is 11.0 Å². The molecule has 0 aromatic carbocycles. The van der Waals surface area contributed by atoms with Crippen LogP contribution in [0.15, 0.2) is 35.1 Å². The van der Waals surface area contributed by atoms with Crippen LogP contribution in [0.4, 0.5) is 0 Å². The van der Waals surface area contributed by atoms with Gasteiger partial charge in [-0.3, -0.25) is 4.79 Å². The summed E-state index contributed by atoms with van der Waals surface area (Å²) in [6, 6.07) is 6.12. The van der Waals surface area contributed by atoms with Gasteiger partial charge in [-0.05, 0) is 51.8 Å². The summed E-state index contributed by atoms with van der Waals surface area (Å²) >= 11 is 0. The number of nitrogens with zero attached hydrogens (tertiary/aromatic N) is 4. The number of amides is 1. The Morgan fingerprint density at radius 1 is 1.44 bits per heavy atom. The maximum absolute atomic E-state index is 13.3. The van der Waals surface area contributed by atoms with Crippen molar-refractivity contribution in [3.8, 4) is 0 Å². The highest BCUT2D eigenvalue weighted by molar-refractivity contribution is 6.05. The van der Waals surface area contributed by atoms with Gasteiger partial charge in [-0.1, -0.05) is 0 Å². The fourth-order valence-corrected chi connectivity index (χ4v) is 3.18. The van der Waals surface area contributed by atoms with E-state index >= 15 is 0 Å². The fourth-order valence-electron chi connectivity index (χ4n) is 3.18. The first-order valence-electron chi connectivity index (χ1n) is 8.73. The Bertz CT molecular complexity index is 907. The van der Waals surface area contributed by atoms with Crippen LogP contribution in [0, 0.1) is 6.92 Å². The molecule has 0 radical (unpaired) electrons. The van der Waals surface area contributed by atoms with Crippen LogP contribution in [-0.4, -0.2) is 31.6 Å². The lowest BCUT2D eigenvalue weighted by Gasteiger charge is -2.22. The van der Waals surface area contributed by atoms with Gasteiger partial charge in [0.15, 0.2) is 5.65 Å². The zero-order valence-electron chi connectivity index (χ0n) is 14.8. The average molecular weight is 338 g/mol. The van der Waals surface area contributed by atoms with Crippen LogP contribution in [0.3, 0.4) is 0 Å². The molecule has 0 saturated heterocycles. The number of carbonyl (C=O) groups excluding carboxylic acids is 1. The summed E-state index contributed by atoms with van der Waals surface area (Å²) in [7, 11) is 0. The van der Waals surface area contributed by atoms with Crippen LogP contribution in [-0.2, 0) is 6.54 Å². The molecule has 0 aliphatic heterocycles. The minimum atomic E-state index is 0.0257. The van der Waals surface area contributed by atoms with Crippen LogP contribution >= 0.6 is 0 Å². The minimum absolute atomic E-state index is 0.0257. The van der Waals surface area contributed by atoms with Crippen molar-refractivity contribution >= 4 is 16.9 Å². The van der Waals surface area contributed by atoms with Gasteiger partial charge >= 0.3 is 0 Å². The van der Waals surface area contributed by atoms with E-state index in [1.165, 1.54) is 0 Å². The molecule has 1 saturated carbocycles. The van der Waals surface area contributed by atoms with Crippen LogP contribution in [0.2, 0.25) is 0 Å². The predicted octanol–water partition coefficient (Wildman–Crippen LogP) is 3.72. The van der Waals surface area contributed by atoms with E-state index in [1.54, 1.807) is 12.5 Å². The van der Waals surface area contributed by atoms with E-state index in [1.807, 2.05) is 34.7 Å². The molecule has 130 valence electrons. The van der Waals surface area contributed by atoms with Gasteiger partial charge < -0.3 is 9.32 Å². The van der Waals surface area contributed by atoms with Gasteiger partial charge in [0.2, 0.25) is 0 Å². The smallest absolute Gasteiger partial charge is 0.255 e. The number of aromatic nitrogens is 3. The summed E-state index contributed by atoms with van der Waals surface area (Å²) in [5.41, 5.74) is 2.27. The molecule has 6 nitrogen and oxygen atoms in total. The Balaban J connectivity index is 1.75. The molecule has 1 fully saturated rings. The quantitative estimate of drug-likeness (QED) is 0.711. The third kappa shape index (κ3) is 2.92. The zero-order valence-corrected chi connectivity index (χ0v) is 14.8. The molecular weight excluding hydrogens is 316 g/mol. The van der Waals surface area contributed by atoms with E-state index in [-0.39, 0.29) is 11.9 Å². The molecule has 3 heterocycles. The third-order valence-electron chi connectivity index (χ3n) is 4.57. The lowest BCUT2D eigenvalue weighted by molar-refractivity contribution is 0.0719. The first-order chi connectivity index (χ1) is 12.0. The molecule has 0 atom stereocenters. The summed E-state index contributed by atoms with van der Waals surface area (Å²) in [6.45, 7) is 6.54. The maximum Gasteiger partial charge on any atom is 0.255 e. The first kappa shape index (κ1) is 15.9. The molecule has 1 amide bonds. The van der Waals surface area contributed by atoms with Gasteiger partial charge in [0.1, 0.15) is 5.76 Å². The van der Waals surface area contributed by atoms with Crippen LogP contribution in [0.1, 0.15) is 54.5 Å². The molecule has 6 heteroatoms. The highest BCUT2D eigenvalue weighted by Gasteiger charge is 2.34. The van der Waals surface area contributed by atoms with E-state index in [9.17, 15) is 4.79 Å². The molecule has 1 aliphatic carbocycles. The maximum atomic E-state index is 13.3. The molecule has 4 rings (SSSR count).